The Morgan fingerprint density at radius 1 is 1.55 bits per heavy atom. The quantitative estimate of drug-likeness (QED) is 0.787. The molecule has 1 rings (SSSR count). The second kappa shape index (κ2) is 3.40. The molecule has 0 fully saturated rings. The lowest BCUT2D eigenvalue weighted by Crippen LogP contribution is -2.13. The number of halogens is 2. The van der Waals surface area contributed by atoms with Crippen molar-refractivity contribution < 1.29 is 4.79 Å². The van der Waals surface area contributed by atoms with Crippen LogP contribution in [0.1, 0.15) is 10.4 Å². The fourth-order valence-corrected chi connectivity index (χ4v) is 1.92. The standard InChI is InChI=1S/C7H5ClINO/c8-4-2-1-3-5(9)6(4)7(10)11/h1-3H,(H2,10,11). The van der Waals surface area contributed by atoms with Gasteiger partial charge in [0.05, 0.1) is 10.6 Å². The first kappa shape index (κ1) is 8.80. The molecule has 1 aromatic rings. The molecule has 0 saturated heterocycles. The number of hydrogen-bond donors (Lipinski definition) is 1. The summed E-state index contributed by atoms with van der Waals surface area (Å²) in [6, 6.07) is 5.20. The summed E-state index contributed by atoms with van der Waals surface area (Å²) >= 11 is 7.73. The van der Waals surface area contributed by atoms with Crippen molar-refractivity contribution in [2.75, 3.05) is 0 Å². The van der Waals surface area contributed by atoms with E-state index in [1.54, 1.807) is 18.2 Å². The molecular weight excluding hydrogens is 276 g/mol. The normalized spacial score (nSPS) is 9.64. The molecule has 2 N–H and O–H groups in total. The van der Waals surface area contributed by atoms with Crippen LogP contribution >= 0.6 is 34.2 Å². The molecule has 0 spiro atoms. The zero-order valence-electron chi connectivity index (χ0n) is 5.47. The van der Waals surface area contributed by atoms with Gasteiger partial charge in [-0.1, -0.05) is 17.7 Å². The first-order valence-corrected chi connectivity index (χ1v) is 4.32. The maximum Gasteiger partial charge on any atom is 0.251 e. The Hall–Kier alpha value is -0.290. The van der Waals surface area contributed by atoms with Gasteiger partial charge in [-0.05, 0) is 34.7 Å². The molecule has 0 aromatic heterocycles. The van der Waals surface area contributed by atoms with Crippen LogP contribution in [0.15, 0.2) is 18.2 Å². The number of carbonyl (C=O) groups is 1. The molecule has 0 saturated carbocycles. The number of hydrogen-bond acceptors (Lipinski definition) is 1. The summed E-state index contributed by atoms with van der Waals surface area (Å²) in [6.45, 7) is 0. The van der Waals surface area contributed by atoms with Crippen molar-refractivity contribution in [3.05, 3.63) is 32.4 Å². The molecule has 2 nitrogen and oxygen atoms in total. The first-order chi connectivity index (χ1) is 5.13. The third kappa shape index (κ3) is 1.84. The van der Waals surface area contributed by atoms with E-state index in [1.165, 1.54) is 0 Å². The van der Waals surface area contributed by atoms with Crippen LogP contribution < -0.4 is 5.73 Å². The van der Waals surface area contributed by atoms with Crippen LogP contribution in [0.2, 0.25) is 5.02 Å². The highest BCUT2D eigenvalue weighted by atomic mass is 127. The summed E-state index contributed by atoms with van der Waals surface area (Å²) in [5, 5.41) is 0.407. The third-order valence-electron chi connectivity index (χ3n) is 1.21. The predicted molar refractivity (Wildman–Crippen MR) is 52.7 cm³/mol. The van der Waals surface area contributed by atoms with Crippen molar-refractivity contribution in [2.24, 2.45) is 5.73 Å². The second-order valence-electron chi connectivity index (χ2n) is 1.96. The lowest BCUT2D eigenvalue weighted by Gasteiger charge is -2.00. The van der Waals surface area contributed by atoms with Gasteiger partial charge in [-0.15, -0.1) is 0 Å². The molecule has 0 unspecified atom stereocenters. The van der Waals surface area contributed by atoms with E-state index in [9.17, 15) is 4.79 Å². The van der Waals surface area contributed by atoms with Crippen molar-refractivity contribution in [1.29, 1.82) is 0 Å². The van der Waals surface area contributed by atoms with Gasteiger partial charge < -0.3 is 5.73 Å². The van der Waals surface area contributed by atoms with Gasteiger partial charge in [-0.2, -0.15) is 0 Å². The van der Waals surface area contributed by atoms with Crippen LogP contribution in [0.5, 0.6) is 0 Å². The highest BCUT2D eigenvalue weighted by Crippen LogP contribution is 2.20. The highest BCUT2D eigenvalue weighted by Gasteiger charge is 2.09. The summed E-state index contributed by atoms with van der Waals surface area (Å²) < 4.78 is 0.780. The minimum atomic E-state index is -0.486. The van der Waals surface area contributed by atoms with Crippen LogP contribution in [0.3, 0.4) is 0 Å². The van der Waals surface area contributed by atoms with Gasteiger partial charge in [0, 0.05) is 3.57 Å². The maximum absolute atomic E-state index is 10.8. The minimum Gasteiger partial charge on any atom is -0.366 e. The molecule has 0 atom stereocenters. The molecule has 0 heterocycles. The van der Waals surface area contributed by atoms with Gasteiger partial charge in [-0.25, -0.2) is 0 Å². The summed E-state index contributed by atoms with van der Waals surface area (Å²) in [6.07, 6.45) is 0. The zero-order valence-corrected chi connectivity index (χ0v) is 8.39. The van der Waals surface area contributed by atoms with Gasteiger partial charge in [-0.3, -0.25) is 4.79 Å². The number of nitrogens with two attached hydrogens (primary N) is 1. The monoisotopic (exact) mass is 281 g/mol. The Bertz CT molecular complexity index is 280. The Balaban J connectivity index is 3.32. The highest BCUT2D eigenvalue weighted by molar-refractivity contribution is 14.1. The largest absolute Gasteiger partial charge is 0.366 e. The van der Waals surface area contributed by atoms with E-state index in [2.05, 4.69) is 0 Å². The summed E-state index contributed by atoms with van der Waals surface area (Å²) in [5.74, 6) is -0.486. The van der Waals surface area contributed by atoms with E-state index in [4.69, 9.17) is 17.3 Å². The molecule has 1 aromatic carbocycles. The van der Waals surface area contributed by atoms with E-state index in [1.807, 2.05) is 22.6 Å². The second-order valence-corrected chi connectivity index (χ2v) is 3.53. The lowest BCUT2D eigenvalue weighted by molar-refractivity contribution is 0.0999. The molecule has 58 valence electrons. The van der Waals surface area contributed by atoms with Crippen LogP contribution in [0.25, 0.3) is 0 Å². The molecule has 1 amide bonds. The Morgan fingerprint density at radius 2 is 2.18 bits per heavy atom. The van der Waals surface area contributed by atoms with E-state index >= 15 is 0 Å². The fourth-order valence-electron chi connectivity index (χ4n) is 0.733. The number of amides is 1. The van der Waals surface area contributed by atoms with Crippen molar-refractivity contribution in [3.8, 4) is 0 Å². The fraction of sp³-hybridized carbons (Fsp3) is 0. The molecular formula is C7H5ClINO. The smallest absolute Gasteiger partial charge is 0.251 e. The van der Waals surface area contributed by atoms with Gasteiger partial charge >= 0.3 is 0 Å². The van der Waals surface area contributed by atoms with E-state index in [0.717, 1.165) is 3.57 Å². The van der Waals surface area contributed by atoms with E-state index in [-0.39, 0.29) is 0 Å². The van der Waals surface area contributed by atoms with Crippen molar-refractivity contribution in [1.82, 2.24) is 0 Å². The summed E-state index contributed by atoms with van der Waals surface area (Å²) in [5.41, 5.74) is 5.49. The third-order valence-corrected chi connectivity index (χ3v) is 2.42. The molecule has 11 heavy (non-hydrogen) atoms. The van der Waals surface area contributed by atoms with Crippen LogP contribution in [0.4, 0.5) is 0 Å². The lowest BCUT2D eigenvalue weighted by atomic mass is 10.2. The zero-order chi connectivity index (χ0) is 8.43. The van der Waals surface area contributed by atoms with Gasteiger partial charge in [0.2, 0.25) is 0 Å². The van der Waals surface area contributed by atoms with Crippen molar-refractivity contribution in [3.63, 3.8) is 0 Å². The van der Waals surface area contributed by atoms with Crippen molar-refractivity contribution in [2.45, 2.75) is 0 Å². The Morgan fingerprint density at radius 3 is 2.55 bits per heavy atom. The average molecular weight is 281 g/mol. The van der Waals surface area contributed by atoms with Crippen LogP contribution in [-0.2, 0) is 0 Å². The predicted octanol–water partition coefficient (Wildman–Crippen LogP) is 2.04. The van der Waals surface area contributed by atoms with Crippen LogP contribution in [-0.4, -0.2) is 5.91 Å². The average Bonchev–Trinajstić information content (AvgIpc) is 1.85. The van der Waals surface area contributed by atoms with Gasteiger partial charge in [0.25, 0.3) is 5.91 Å². The summed E-state index contributed by atoms with van der Waals surface area (Å²) in [7, 11) is 0. The molecule has 4 heteroatoms. The Labute approximate surface area is 82.9 Å². The number of rotatable bonds is 1. The number of carbonyl (C=O) groups excluding carboxylic acids is 1. The minimum absolute atomic E-state index is 0.398. The summed E-state index contributed by atoms with van der Waals surface area (Å²) in [4.78, 5) is 10.8. The molecule has 0 bridgehead atoms. The van der Waals surface area contributed by atoms with E-state index < -0.39 is 5.91 Å². The van der Waals surface area contributed by atoms with Gasteiger partial charge in [0.1, 0.15) is 0 Å². The first-order valence-electron chi connectivity index (χ1n) is 2.86. The molecule has 0 aliphatic carbocycles. The Kier molecular flexibility index (Phi) is 2.72. The molecule has 0 aliphatic heterocycles. The van der Waals surface area contributed by atoms with Gasteiger partial charge in [0.15, 0.2) is 0 Å². The van der Waals surface area contributed by atoms with E-state index in [0.29, 0.717) is 10.6 Å². The number of benzene rings is 1. The SMILES string of the molecule is NC(=O)c1c(Cl)cccc1I. The van der Waals surface area contributed by atoms with Crippen LogP contribution in [0, 0.1) is 3.57 Å². The topological polar surface area (TPSA) is 43.1 Å². The molecule has 0 radical (unpaired) electrons. The van der Waals surface area contributed by atoms with Crippen molar-refractivity contribution >= 4 is 40.1 Å². The number of primary amides is 1. The maximum atomic E-state index is 10.8. The molecule has 0 aliphatic rings.